The number of carbonyl (C=O) groups excluding carboxylic acids is 2. The van der Waals surface area contributed by atoms with Crippen LogP contribution in [0.15, 0.2) is 83.8 Å². The second kappa shape index (κ2) is 10.8. The molecule has 1 aliphatic heterocycles. The van der Waals surface area contributed by atoms with Gasteiger partial charge in [-0.25, -0.2) is 8.42 Å². The monoisotopic (exact) mass is 491 g/mol. The number of piperidine rings is 1. The molecule has 8 heteroatoms. The van der Waals surface area contributed by atoms with Gasteiger partial charge < -0.3 is 10.6 Å². The van der Waals surface area contributed by atoms with Gasteiger partial charge in [-0.3, -0.25) is 9.59 Å². The van der Waals surface area contributed by atoms with Crippen molar-refractivity contribution in [1.29, 1.82) is 0 Å². The van der Waals surface area contributed by atoms with Crippen molar-refractivity contribution in [1.82, 2.24) is 9.62 Å². The molecule has 1 heterocycles. The Kier molecular flexibility index (Phi) is 7.63. The van der Waals surface area contributed by atoms with Crippen LogP contribution in [0.25, 0.3) is 0 Å². The number of carbonyl (C=O) groups is 2. The van der Waals surface area contributed by atoms with Crippen LogP contribution in [0.2, 0.25) is 0 Å². The number of hydrogen-bond acceptors (Lipinski definition) is 4. The van der Waals surface area contributed by atoms with Gasteiger partial charge in [0.05, 0.1) is 22.1 Å². The highest BCUT2D eigenvalue weighted by atomic mass is 32.2. The summed E-state index contributed by atoms with van der Waals surface area (Å²) in [5.74, 6) is -1.10. The first-order chi connectivity index (χ1) is 16.8. The minimum Gasteiger partial charge on any atom is -0.348 e. The summed E-state index contributed by atoms with van der Waals surface area (Å²) in [7, 11) is -3.68. The summed E-state index contributed by atoms with van der Waals surface area (Å²) >= 11 is 0. The average molecular weight is 492 g/mol. The predicted octanol–water partition coefficient (Wildman–Crippen LogP) is 3.96. The Hall–Kier alpha value is -3.49. The maximum Gasteiger partial charge on any atom is 0.253 e. The molecule has 2 amide bonds. The summed E-state index contributed by atoms with van der Waals surface area (Å²) in [5, 5.41) is 5.74. The van der Waals surface area contributed by atoms with Gasteiger partial charge in [-0.2, -0.15) is 4.31 Å². The maximum atomic E-state index is 13.1. The van der Waals surface area contributed by atoms with E-state index in [1.807, 2.05) is 37.3 Å². The van der Waals surface area contributed by atoms with Crippen LogP contribution in [0, 0.1) is 12.8 Å². The van der Waals surface area contributed by atoms with E-state index >= 15 is 0 Å². The van der Waals surface area contributed by atoms with Crippen LogP contribution in [0.4, 0.5) is 5.69 Å². The molecule has 1 aliphatic rings. The topological polar surface area (TPSA) is 95.6 Å². The van der Waals surface area contributed by atoms with Crippen molar-refractivity contribution < 1.29 is 18.0 Å². The van der Waals surface area contributed by atoms with E-state index in [1.165, 1.54) is 4.31 Å². The fourth-order valence-corrected chi connectivity index (χ4v) is 5.66. The third-order valence-electron chi connectivity index (χ3n) is 6.14. The Morgan fingerprint density at radius 2 is 1.63 bits per heavy atom. The predicted molar refractivity (Wildman–Crippen MR) is 135 cm³/mol. The second-order valence-electron chi connectivity index (χ2n) is 8.72. The van der Waals surface area contributed by atoms with Crippen LogP contribution in [0.1, 0.15) is 34.3 Å². The SMILES string of the molecule is Cc1ccc(S(=O)(=O)N2CCCC(C(=O)Nc3ccccc3C(=O)NCc3ccccc3)C2)cc1. The number of benzene rings is 3. The fraction of sp³-hybridized carbons (Fsp3) is 0.259. The molecule has 0 aliphatic carbocycles. The number of hydrogen-bond donors (Lipinski definition) is 2. The number of nitrogens with one attached hydrogen (secondary N) is 2. The van der Waals surface area contributed by atoms with E-state index in [9.17, 15) is 18.0 Å². The van der Waals surface area contributed by atoms with Crippen LogP contribution in [0.3, 0.4) is 0 Å². The average Bonchev–Trinajstić information content (AvgIpc) is 2.88. The number of amides is 2. The molecule has 7 nitrogen and oxygen atoms in total. The number of para-hydroxylation sites is 1. The quantitative estimate of drug-likeness (QED) is 0.523. The van der Waals surface area contributed by atoms with Gasteiger partial charge in [0.2, 0.25) is 15.9 Å². The molecule has 2 N–H and O–H groups in total. The lowest BCUT2D eigenvalue weighted by Crippen LogP contribution is -2.43. The maximum absolute atomic E-state index is 13.1. The molecule has 0 bridgehead atoms. The summed E-state index contributed by atoms with van der Waals surface area (Å²) in [4.78, 5) is 26.1. The molecule has 0 saturated carbocycles. The van der Waals surface area contributed by atoms with Gasteiger partial charge in [-0.15, -0.1) is 0 Å². The van der Waals surface area contributed by atoms with Gasteiger partial charge in [0.1, 0.15) is 0 Å². The molecule has 182 valence electrons. The smallest absolute Gasteiger partial charge is 0.253 e. The Bertz CT molecular complexity index is 1290. The molecular weight excluding hydrogens is 462 g/mol. The standard InChI is InChI=1S/C27H29N3O4S/c1-20-13-15-23(16-14-20)35(33,34)30-17-7-10-22(19-30)26(31)29-25-12-6-5-11-24(25)27(32)28-18-21-8-3-2-4-9-21/h2-6,8-9,11-16,22H,7,10,17-19H2,1H3,(H,28,32)(H,29,31). The number of sulfonamides is 1. The van der Waals surface area contributed by atoms with Crippen molar-refractivity contribution >= 4 is 27.5 Å². The largest absolute Gasteiger partial charge is 0.348 e. The van der Waals surface area contributed by atoms with Gasteiger partial charge in [0.25, 0.3) is 5.91 Å². The Morgan fingerprint density at radius 1 is 0.943 bits per heavy atom. The minimum atomic E-state index is -3.68. The first-order valence-corrected chi connectivity index (χ1v) is 13.1. The second-order valence-corrected chi connectivity index (χ2v) is 10.7. The summed E-state index contributed by atoms with van der Waals surface area (Å²) in [6.45, 7) is 2.75. The van der Waals surface area contributed by atoms with E-state index in [1.54, 1.807) is 48.5 Å². The molecule has 0 radical (unpaired) electrons. The lowest BCUT2D eigenvalue weighted by molar-refractivity contribution is -0.120. The Balaban J connectivity index is 1.43. The van der Waals surface area contributed by atoms with Gasteiger partial charge in [-0.05, 0) is 49.6 Å². The molecule has 1 unspecified atom stereocenters. The van der Waals surface area contributed by atoms with Gasteiger partial charge in [0, 0.05) is 19.6 Å². The molecule has 1 saturated heterocycles. The zero-order valence-corrected chi connectivity index (χ0v) is 20.4. The molecule has 1 atom stereocenters. The zero-order valence-electron chi connectivity index (χ0n) is 19.6. The molecule has 4 rings (SSSR count). The highest BCUT2D eigenvalue weighted by molar-refractivity contribution is 7.89. The normalized spacial score (nSPS) is 16.4. The van der Waals surface area contributed by atoms with E-state index in [2.05, 4.69) is 10.6 Å². The number of rotatable bonds is 7. The third-order valence-corrected chi connectivity index (χ3v) is 8.02. The number of anilines is 1. The first-order valence-electron chi connectivity index (χ1n) is 11.6. The molecule has 3 aromatic rings. The molecule has 35 heavy (non-hydrogen) atoms. The number of aryl methyl sites for hydroxylation is 1. The zero-order chi connectivity index (χ0) is 24.8. The van der Waals surface area contributed by atoms with E-state index < -0.39 is 15.9 Å². The van der Waals surface area contributed by atoms with Crippen LogP contribution in [0.5, 0.6) is 0 Å². The summed E-state index contributed by atoms with van der Waals surface area (Å²) in [5.41, 5.74) is 2.71. The van der Waals surface area contributed by atoms with E-state index in [0.717, 1.165) is 11.1 Å². The third kappa shape index (κ3) is 5.96. The van der Waals surface area contributed by atoms with E-state index in [4.69, 9.17) is 0 Å². The van der Waals surface area contributed by atoms with Crippen LogP contribution >= 0.6 is 0 Å². The van der Waals surface area contributed by atoms with Crippen LogP contribution in [-0.2, 0) is 21.4 Å². The van der Waals surface area contributed by atoms with Crippen molar-refractivity contribution in [3.8, 4) is 0 Å². The van der Waals surface area contributed by atoms with Gasteiger partial charge >= 0.3 is 0 Å². The molecular formula is C27H29N3O4S. The van der Waals surface area contributed by atoms with Crippen molar-refractivity contribution in [3.63, 3.8) is 0 Å². The summed E-state index contributed by atoms with van der Waals surface area (Å²) < 4.78 is 27.6. The fourth-order valence-electron chi connectivity index (χ4n) is 4.13. The van der Waals surface area contributed by atoms with Gasteiger partial charge in [0.15, 0.2) is 0 Å². The summed E-state index contributed by atoms with van der Waals surface area (Å²) in [6, 6.07) is 23.1. The lowest BCUT2D eigenvalue weighted by atomic mass is 9.98. The van der Waals surface area contributed by atoms with Crippen LogP contribution in [-0.4, -0.2) is 37.6 Å². The Labute approximate surface area is 206 Å². The van der Waals surface area contributed by atoms with E-state index in [0.29, 0.717) is 37.2 Å². The highest BCUT2D eigenvalue weighted by Gasteiger charge is 2.33. The van der Waals surface area contributed by atoms with Crippen molar-refractivity contribution in [2.75, 3.05) is 18.4 Å². The molecule has 0 spiro atoms. The lowest BCUT2D eigenvalue weighted by Gasteiger charge is -2.31. The minimum absolute atomic E-state index is 0.102. The highest BCUT2D eigenvalue weighted by Crippen LogP contribution is 2.26. The first kappa shape index (κ1) is 24.6. The van der Waals surface area contributed by atoms with Crippen molar-refractivity contribution in [2.45, 2.75) is 31.2 Å². The van der Waals surface area contributed by atoms with Crippen LogP contribution < -0.4 is 10.6 Å². The molecule has 3 aromatic carbocycles. The van der Waals surface area contributed by atoms with E-state index in [-0.39, 0.29) is 23.3 Å². The summed E-state index contributed by atoms with van der Waals surface area (Å²) in [6.07, 6.45) is 1.16. The van der Waals surface area contributed by atoms with Crippen molar-refractivity contribution in [2.24, 2.45) is 5.92 Å². The molecule has 1 fully saturated rings. The molecule has 0 aromatic heterocycles. The number of nitrogens with zero attached hydrogens (tertiary/aromatic N) is 1. The van der Waals surface area contributed by atoms with Gasteiger partial charge in [-0.1, -0.05) is 60.2 Å². The van der Waals surface area contributed by atoms with Crippen molar-refractivity contribution in [3.05, 3.63) is 95.6 Å². The Morgan fingerprint density at radius 3 is 2.37 bits per heavy atom.